The largest absolute Gasteiger partial charge is 0.497 e. The Morgan fingerprint density at radius 1 is 1.09 bits per heavy atom. The van der Waals surface area contributed by atoms with E-state index in [-0.39, 0.29) is 12.0 Å². The normalized spacial score (nSPS) is 22.5. The fraction of sp³-hybridized carbons (Fsp3) is 0.368. The van der Waals surface area contributed by atoms with E-state index in [1.807, 2.05) is 18.2 Å². The number of aliphatic hydroxyl groups is 1. The first-order valence-corrected chi connectivity index (χ1v) is 7.84. The van der Waals surface area contributed by atoms with Crippen LogP contribution >= 0.6 is 0 Å². The average Bonchev–Trinajstić information content (AvgIpc) is 2.56. The second-order valence-electron chi connectivity index (χ2n) is 5.96. The number of β-amino-alcohol motifs (C(OH)–C–C–N with tert-alkyl or cyclic N) is 1. The summed E-state index contributed by atoms with van der Waals surface area (Å²) in [6, 6.07) is 18.5. The molecule has 3 nitrogen and oxygen atoms in total. The molecule has 1 saturated heterocycles. The van der Waals surface area contributed by atoms with E-state index in [2.05, 4.69) is 41.3 Å². The van der Waals surface area contributed by atoms with Gasteiger partial charge in [0.15, 0.2) is 0 Å². The van der Waals surface area contributed by atoms with Crippen molar-refractivity contribution in [2.24, 2.45) is 0 Å². The Labute approximate surface area is 132 Å². The molecule has 2 atom stereocenters. The van der Waals surface area contributed by atoms with E-state index in [0.717, 1.165) is 31.8 Å². The van der Waals surface area contributed by atoms with Crippen LogP contribution in [0.2, 0.25) is 0 Å². The molecule has 2 aromatic rings. The third-order valence-electron chi connectivity index (χ3n) is 4.46. The van der Waals surface area contributed by atoms with Crippen LogP contribution in [0.15, 0.2) is 54.6 Å². The predicted octanol–water partition coefficient (Wildman–Crippen LogP) is 3.05. The molecule has 0 bridgehead atoms. The molecule has 1 aliphatic rings. The average molecular weight is 297 g/mol. The van der Waals surface area contributed by atoms with Crippen molar-refractivity contribution < 1.29 is 9.84 Å². The van der Waals surface area contributed by atoms with Gasteiger partial charge >= 0.3 is 0 Å². The molecule has 22 heavy (non-hydrogen) atoms. The number of aliphatic hydroxyl groups excluding tert-OH is 1. The number of ether oxygens (including phenoxy) is 1. The number of hydrogen-bond acceptors (Lipinski definition) is 3. The van der Waals surface area contributed by atoms with Crippen LogP contribution < -0.4 is 4.74 Å². The molecule has 0 radical (unpaired) electrons. The zero-order valence-electron chi connectivity index (χ0n) is 13.0. The molecule has 3 heteroatoms. The lowest BCUT2D eigenvalue weighted by Gasteiger charge is -2.36. The zero-order chi connectivity index (χ0) is 15.4. The second kappa shape index (κ2) is 6.95. The lowest BCUT2D eigenvalue weighted by molar-refractivity contribution is 0.0476. The van der Waals surface area contributed by atoms with Crippen LogP contribution in [0.3, 0.4) is 0 Å². The summed E-state index contributed by atoms with van der Waals surface area (Å²) in [7, 11) is 1.67. The molecule has 0 aromatic heterocycles. The first kappa shape index (κ1) is 15.1. The van der Waals surface area contributed by atoms with Crippen molar-refractivity contribution in [1.82, 2.24) is 4.90 Å². The van der Waals surface area contributed by atoms with Crippen molar-refractivity contribution in [3.05, 3.63) is 65.7 Å². The van der Waals surface area contributed by atoms with E-state index >= 15 is 0 Å². The topological polar surface area (TPSA) is 32.7 Å². The minimum Gasteiger partial charge on any atom is -0.497 e. The van der Waals surface area contributed by atoms with E-state index in [4.69, 9.17) is 4.74 Å². The van der Waals surface area contributed by atoms with Crippen LogP contribution in [0.4, 0.5) is 0 Å². The summed E-state index contributed by atoms with van der Waals surface area (Å²) in [6.07, 6.45) is 0.672. The fourth-order valence-electron chi connectivity index (χ4n) is 3.22. The van der Waals surface area contributed by atoms with Crippen LogP contribution in [0.25, 0.3) is 0 Å². The van der Waals surface area contributed by atoms with E-state index in [0.29, 0.717) is 0 Å². The van der Waals surface area contributed by atoms with Gasteiger partial charge in [-0.05, 0) is 36.2 Å². The number of rotatable bonds is 4. The quantitative estimate of drug-likeness (QED) is 0.941. The van der Waals surface area contributed by atoms with Crippen molar-refractivity contribution in [2.45, 2.75) is 25.0 Å². The van der Waals surface area contributed by atoms with Crippen LogP contribution in [-0.2, 0) is 6.54 Å². The highest BCUT2D eigenvalue weighted by molar-refractivity contribution is 5.30. The molecule has 116 valence electrons. The minimum atomic E-state index is -0.314. The lowest BCUT2D eigenvalue weighted by atomic mass is 9.87. The number of nitrogens with zero attached hydrogens (tertiary/aromatic N) is 1. The third kappa shape index (κ3) is 3.49. The number of benzene rings is 2. The standard InChI is InChI=1S/C19H23NO2/c1-22-17-9-7-16(8-10-17)18-11-12-20(14-19(18)21)13-15-5-3-2-4-6-15/h2-10,18-19,21H,11-14H2,1H3/t18-,19+/m0/s1. The first-order valence-electron chi connectivity index (χ1n) is 7.84. The summed E-state index contributed by atoms with van der Waals surface area (Å²) in [5, 5.41) is 10.5. The molecule has 3 rings (SSSR count). The summed E-state index contributed by atoms with van der Waals surface area (Å²) in [5.41, 5.74) is 2.50. The highest BCUT2D eigenvalue weighted by atomic mass is 16.5. The summed E-state index contributed by atoms with van der Waals surface area (Å²) >= 11 is 0. The van der Waals surface area contributed by atoms with E-state index < -0.39 is 0 Å². The molecule has 0 aliphatic carbocycles. The highest BCUT2D eigenvalue weighted by Crippen LogP contribution is 2.30. The van der Waals surface area contributed by atoms with E-state index in [9.17, 15) is 5.11 Å². The van der Waals surface area contributed by atoms with Crippen LogP contribution in [-0.4, -0.2) is 36.3 Å². The lowest BCUT2D eigenvalue weighted by Crippen LogP contribution is -2.42. The van der Waals surface area contributed by atoms with Gasteiger partial charge in [0.25, 0.3) is 0 Å². The van der Waals surface area contributed by atoms with Gasteiger partial charge < -0.3 is 9.84 Å². The molecule has 0 amide bonds. The Kier molecular flexibility index (Phi) is 4.76. The van der Waals surface area contributed by atoms with Gasteiger partial charge in [0.05, 0.1) is 13.2 Å². The maximum absolute atomic E-state index is 10.5. The Hall–Kier alpha value is -1.84. The van der Waals surface area contributed by atoms with E-state index in [1.165, 1.54) is 11.1 Å². The monoisotopic (exact) mass is 297 g/mol. The smallest absolute Gasteiger partial charge is 0.118 e. The van der Waals surface area contributed by atoms with Crippen molar-refractivity contribution in [3.8, 4) is 5.75 Å². The van der Waals surface area contributed by atoms with Gasteiger partial charge in [0.1, 0.15) is 5.75 Å². The molecule has 1 aliphatic heterocycles. The molecule has 1 heterocycles. The summed E-state index contributed by atoms with van der Waals surface area (Å²) in [4.78, 5) is 2.33. The molecule has 2 aromatic carbocycles. The van der Waals surface area contributed by atoms with Crippen molar-refractivity contribution in [3.63, 3.8) is 0 Å². The minimum absolute atomic E-state index is 0.220. The number of methoxy groups -OCH3 is 1. The SMILES string of the molecule is COc1ccc([C@@H]2CCN(Cc3ccccc3)C[C@H]2O)cc1. The molecular weight excluding hydrogens is 274 g/mol. The molecule has 0 unspecified atom stereocenters. The summed E-state index contributed by atoms with van der Waals surface area (Å²) in [6.45, 7) is 2.65. The highest BCUT2D eigenvalue weighted by Gasteiger charge is 2.28. The van der Waals surface area contributed by atoms with Gasteiger partial charge in [0, 0.05) is 19.0 Å². The van der Waals surface area contributed by atoms with Crippen LogP contribution in [0.1, 0.15) is 23.5 Å². The summed E-state index contributed by atoms with van der Waals surface area (Å²) < 4.78 is 5.20. The molecule has 1 fully saturated rings. The van der Waals surface area contributed by atoms with Gasteiger partial charge in [-0.2, -0.15) is 0 Å². The number of likely N-dealkylation sites (tertiary alicyclic amines) is 1. The van der Waals surface area contributed by atoms with Crippen molar-refractivity contribution in [1.29, 1.82) is 0 Å². The van der Waals surface area contributed by atoms with Crippen molar-refractivity contribution >= 4 is 0 Å². The van der Waals surface area contributed by atoms with E-state index in [1.54, 1.807) is 7.11 Å². The van der Waals surface area contributed by atoms with Crippen LogP contribution in [0, 0.1) is 0 Å². The van der Waals surface area contributed by atoms with Gasteiger partial charge in [0.2, 0.25) is 0 Å². The third-order valence-corrected chi connectivity index (χ3v) is 4.46. The maximum atomic E-state index is 10.5. The van der Waals surface area contributed by atoms with Gasteiger partial charge in [-0.25, -0.2) is 0 Å². The zero-order valence-corrected chi connectivity index (χ0v) is 13.0. The Bertz CT molecular complexity index is 582. The predicted molar refractivity (Wildman–Crippen MR) is 88.1 cm³/mol. The Balaban J connectivity index is 1.62. The summed E-state index contributed by atoms with van der Waals surface area (Å²) in [5.74, 6) is 1.08. The van der Waals surface area contributed by atoms with Gasteiger partial charge in [-0.3, -0.25) is 4.90 Å². The number of piperidine rings is 1. The second-order valence-corrected chi connectivity index (χ2v) is 5.96. The molecule has 0 saturated carbocycles. The van der Waals surface area contributed by atoms with Crippen molar-refractivity contribution in [2.75, 3.05) is 20.2 Å². The number of hydrogen-bond donors (Lipinski definition) is 1. The first-order chi connectivity index (χ1) is 10.8. The molecular formula is C19H23NO2. The maximum Gasteiger partial charge on any atom is 0.118 e. The van der Waals surface area contributed by atoms with Gasteiger partial charge in [-0.1, -0.05) is 42.5 Å². The fourth-order valence-corrected chi connectivity index (χ4v) is 3.22. The molecule has 1 N–H and O–H groups in total. The molecule has 0 spiro atoms. The van der Waals surface area contributed by atoms with Crippen LogP contribution in [0.5, 0.6) is 5.75 Å². The van der Waals surface area contributed by atoms with Gasteiger partial charge in [-0.15, -0.1) is 0 Å². The Morgan fingerprint density at radius 3 is 2.45 bits per heavy atom. The Morgan fingerprint density at radius 2 is 1.82 bits per heavy atom.